The number of benzene rings is 1. The van der Waals surface area contributed by atoms with E-state index in [0.717, 1.165) is 32.2 Å². The lowest BCUT2D eigenvalue weighted by atomic mass is 9.96. The van der Waals surface area contributed by atoms with E-state index < -0.39 is 10.0 Å². The summed E-state index contributed by atoms with van der Waals surface area (Å²) in [6.45, 7) is 3.91. The van der Waals surface area contributed by atoms with Crippen LogP contribution in [-0.4, -0.2) is 50.2 Å². The third-order valence-electron chi connectivity index (χ3n) is 4.27. The van der Waals surface area contributed by atoms with Crippen LogP contribution < -0.4 is 4.72 Å². The lowest BCUT2D eigenvalue weighted by Gasteiger charge is -2.38. The fraction of sp³-hybridized carbons (Fsp3) is 0.625. The van der Waals surface area contributed by atoms with Gasteiger partial charge in [-0.3, -0.25) is 4.90 Å². The van der Waals surface area contributed by atoms with E-state index in [9.17, 15) is 13.5 Å². The number of hydrogen-bond acceptors (Lipinski definition) is 4. The van der Waals surface area contributed by atoms with Crippen LogP contribution in [0.5, 0.6) is 0 Å². The summed E-state index contributed by atoms with van der Waals surface area (Å²) in [6.07, 6.45) is 3.63. The minimum atomic E-state index is -3.44. The highest BCUT2D eigenvalue weighted by molar-refractivity contribution is 7.89. The van der Waals surface area contributed by atoms with Gasteiger partial charge in [-0.05, 0) is 37.9 Å². The molecule has 0 unspecified atom stereocenters. The molecule has 0 aliphatic carbocycles. The smallest absolute Gasteiger partial charge is 0.240 e. The predicted octanol–water partition coefficient (Wildman–Crippen LogP) is 1.59. The van der Waals surface area contributed by atoms with Crippen LogP contribution in [0.25, 0.3) is 0 Å². The van der Waals surface area contributed by atoms with E-state index in [1.54, 1.807) is 30.3 Å². The predicted molar refractivity (Wildman–Crippen MR) is 87.1 cm³/mol. The van der Waals surface area contributed by atoms with Crippen LogP contribution in [0, 0.1) is 0 Å². The standard InChI is InChI=1S/C16H26N2O3S/c1-2-16(19)15-10-6-7-12-18(15)13-11-17-22(20,21)14-8-4-3-5-9-14/h3-5,8-9,15-17,19H,2,6-7,10-13H2,1H3/t15-,16-/m0/s1. The first-order valence-electron chi connectivity index (χ1n) is 8.01. The van der Waals surface area contributed by atoms with Crippen molar-refractivity contribution in [1.29, 1.82) is 0 Å². The van der Waals surface area contributed by atoms with Gasteiger partial charge in [0.1, 0.15) is 0 Å². The van der Waals surface area contributed by atoms with Crippen molar-refractivity contribution in [3.05, 3.63) is 30.3 Å². The molecule has 1 aromatic rings. The monoisotopic (exact) mass is 326 g/mol. The molecule has 2 atom stereocenters. The Morgan fingerprint density at radius 2 is 2.05 bits per heavy atom. The summed E-state index contributed by atoms with van der Waals surface area (Å²) in [4.78, 5) is 2.50. The average molecular weight is 326 g/mol. The highest BCUT2D eigenvalue weighted by atomic mass is 32.2. The van der Waals surface area contributed by atoms with E-state index in [0.29, 0.717) is 18.0 Å². The molecule has 2 rings (SSSR count). The van der Waals surface area contributed by atoms with Gasteiger partial charge in [-0.15, -0.1) is 0 Å². The second-order valence-electron chi connectivity index (χ2n) is 5.79. The first-order valence-corrected chi connectivity index (χ1v) is 9.49. The molecule has 1 fully saturated rings. The molecule has 5 nitrogen and oxygen atoms in total. The van der Waals surface area contributed by atoms with Gasteiger partial charge < -0.3 is 5.11 Å². The fourth-order valence-corrected chi connectivity index (χ4v) is 4.05. The number of hydrogen-bond donors (Lipinski definition) is 2. The zero-order chi connectivity index (χ0) is 16.0. The van der Waals surface area contributed by atoms with Crippen molar-refractivity contribution >= 4 is 10.0 Å². The lowest BCUT2D eigenvalue weighted by molar-refractivity contribution is 0.0254. The Hall–Kier alpha value is -0.950. The fourth-order valence-electron chi connectivity index (χ4n) is 3.01. The summed E-state index contributed by atoms with van der Waals surface area (Å²) < 4.78 is 27.0. The third kappa shape index (κ3) is 4.52. The number of sulfonamides is 1. The molecule has 22 heavy (non-hydrogen) atoms. The second-order valence-corrected chi connectivity index (χ2v) is 7.55. The highest BCUT2D eigenvalue weighted by Gasteiger charge is 2.27. The van der Waals surface area contributed by atoms with Gasteiger partial charge in [0.05, 0.1) is 11.0 Å². The Bertz CT molecular complexity index is 548. The quantitative estimate of drug-likeness (QED) is 0.798. The van der Waals surface area contributed by atoms with Gasteiger partial charge in [0.25, 0.3) is 0 Å². The molecule has 1 aromatic carbocycles. The van der Waals surface area contributed by atoms with E-state index in [1.807, 2.05) is 6.92 Å². The molecular weight excluding hydrogens is 300 g/mol. The molecule has 6 heteroatoms. The number of nitrogens with zero attached hydrogens (tertiary/aromatic N) is 1. The maximum absolute atomic E-state index is 12.2. The van der Waals surface area contributed by atoms with E-state index >= 15 is 0 Å². The van der Waals surface area contributed by atoms with Gasteiger partial charge in [0.15, 0.2) is 0 Å². The van der Waals surface area contributed by atoms with E-state index in [2.05, 4.69) is 9.62 Å². The number of piperidine rings is 1. The van der Waals surface area contributed by atoms with Crippen molar-refractivity contribution in [1.82, 2.24) is 9.62 Å². The Kier molecular flexibility index (Phi) is 6.37. The summed E-state index contributed by atoms with van der Waals surface area (Å²) in [6, 6.07) is 8.56. The zero-order valence-corrected chi connectivity index (χ0v) is 13.9. The molecular formula is C16H26N2O3S. The Morgan fingerprint density at radius 1 is 1.32 bits per heavy atom. The first-order chi connectivity index (χ1) is 10.5. The van der Waals surface area contributed by atoms with Gasteiger partial charge >= 0.3 is 0 Å². The summed E-state index contributed by atoms with van der Waals surface area (Å²) in [5.41, 5.74) is 0. The van der Waals surface area contributed by atoms with Crippen molar-refractivity contribution in [2.75, 3.05) is 19.6 Å². The summed E-state index contributed by atoms with van der Waals surface area (Å²) >= 11 is 0. The normalized spacial score (nSPS) is 21.6. The van der Waals surface area contributed by atoms with Gasteiger partial charge in [0.2, 0.25) is 10.0 Å². The number of rotatable bonds is 7. The van der Waals surface area contributed by atoms with Crippen molar-refractivity contribution in [3.63, 3.8) is 0 Å². The minimum Gasteiger partial charge on any atom is -0.392 e. The van der Waals surface area contributed by atoms with Gasteiger partial charge in [-0.1, -0.05) is 31.5 Å². The van der Waals surface area contributed by atoms with Crippen LogP contribution in [-0.2, 0) is 10.0 Å². The SMILES string of the molecule is CC[C@H](O)[C@@H]1CCCCN1CCNS(=O)(=O)c1ccccc1. The lowest BCUT2D eigenvalue weighted by Crippen LogP contribution is -2.49. The molecule has 0 spiro atoms. The molecule has 2 N–H and O–H groups in total. The minimum absolute atomic E-state index is 0.153. The van der Waals surface area contributed by atoms with Crippen LogP contribution in [0.3, 0.4) is 0 Å². The van der Waals surface area contributed by atoms with E-state index in [-0.39, 0.29) is 12.1 Å². The van der Waals surface area contributed by atoms with Crippen LogP contribution in [0.4, 0.5) is 0 Å². The van der Waals surface area contributed by atoms with Crippen LogP contribution >= 0.6 is 0 Å². The topological polar surface area (TPSA) is 69.6 Å². The summed E-state index contributed by atoms with van der Waals surface area (Å²) in [5, 5.41) is 10.1. The molecule has 124 valence electrons. The van der Waals surface area contributed by atoms with Crippen LogP contribution in [0.15, 0.2) is 35.2 Å². The van der Waals surface area contributed by atoms with Gasteiger partial charge in [-0.2, -0.15) is 0 Å². The highest BCUT2D eigenvalue weighted by Crippen LogP contribution is 2.20. The van der Waals surface area contributed by atoms with Gasteiger partial charge in [0, 0.05) is 19.1 Å². The van der Waals surface area contributed by atoms with Crippen molar-refractivity contribution in [2.45, 2.75) is 49.6 Å². The Balaban J connectivity index is 1.89. The number of aliphatic hydroxyl groups is 1. The zero-order valence-electron chi connectivity index (χ0n) is 13.1. The van der Waals surface area contributed by atoms with Crippen LogP contribution in [0.1, 0.15) is 32.6 Å². The van der Waals surface area contributed by atoms with Crippen molar-refractivity contribution < 1.29 is 13.5 Å². The molecule has 1 aliphatic rings. The third-order valence-corrected chi connectivity index (χ3v) is 5.75. The largest absolute Gasteiger partial charge is 0.392 e. The Morgan fingerprint density at radius 3 is 2.73 bits per heavy atom. The van der Waals surface area contributed by atoms with Crippen LogP contribution in [0.2, 0.25) is 0 Å². The molecule has 0 bridgehead atoms. The summed E-state index contributed by atoms with van der Waals surface area (Å²) in [7, 11) is -3.44. The maximum atomic E-state index is 12.2. The molecule has 1 heterocycles. The molecule has 1 aliphatic heterocycles. The summed E-state index contributed by atoms with van der Waals surface area (Å²) in [5.74, 6) is 0. The number of likely N-dealkylation sites (tertiary alicyclic amines) is 1. The maximum Gasteiger partial charge on any atom is 0.240 e. The number of nitrogens with one attached hydrogen (secondary N) is 1. The van der Waals surface area contributed by atoms with E-state index in [4.69, 9.17) is 0 Å². The molecule has 0 aromatic heterocycles. The second kappa shape index (κ2) is 8.06. The molecule has 0 amide bonds. The van der Waals surface area contributed by atoms with E-state index in [1.165, 1.54) is 0 Å². The molecule has 0 saturated carbocycles. The molecule has 1 saturated heterocycles. The average Bonchev–Trinajstić information content (AvgIpc) is 2.55. The molecule has 0 radical (unpaired) electrons. The Labute approximate surface area is 133 Å². The van der Waals surface area contributed by atoms with Crippen molar-refractivity contribution in [2.24, 2.45) is 0 Å². The van der Waals surface area contributed by atoms with Crippen molar-refractivity contribution in [3.8, 4) is 0 Å². The number of aliphatic hydroxyl groups excluding tert-OH is 1. The van der Waals surface area contributed by atoms with Gasteiger partial charge in [-0.25, -0.2) is 13.1 Å². The first kappa shape index (κ1) is 17.4.